The molecule has 0 saturated carbocycles. The second kappa shape index (κ2) is 6.65. The first-order valence-corrected chi connectivity index (χ1v) is 6.64. The lowest BCUT2D eigenvalue weighted by Gasteiger charge is -2.27. The summed E-state index contributed by atoms with van der Waals surface area (Å²) in [4.78, 5) is 13.1. The summed E-state index contributed by atoms with van der Waals surface area (Å²) in [7, 11) is 0. The number of hydrogen-bond donors (Lipinski definition) is 3. The summed E-state index contributed by atoms with van der Waals surface area (Å²) in [5.74, 6) is -0.954. The van der Waals surface area contributed by atoms with Crippen LogP contribution in [0.5, 0.6) is 0 Å². The number of carbonyl (C=O) groups is 1. The SMILES string of the molecule is NC(Cc1ccc(CN2CCNCC2)cc1)C(=O)O. The molecule has 1 atom stereocenters. The summed E-state index contributed by atoms with van der Waals surface area (Å²) in [6.45, 7) is 5.20. The molecular formula is C14H21N3O2. The Morgan fingerprint density at radius 1 is 1.26 bits per heavy atom. The number of aliphatic carboxylic acids is 1. The van der Waals surface area contributed by atoms with E-state index >= 15 is 0 Å². The highest BCUT2D eigenvalue weighted by Gasteiger charge is 2.12. The van der Waals surface area contributed by atoms with Crippen LogP contribution in [0.3, 0.4) is 0 Å². The van der Waals surface area contributed by atoms with Gasteiger partial charge in [0.15, 0.2) is 0 Å². The van der Waals surface area contributed by atoms with E-state index in [4.69, 9.17) is 10.8 Å². The molecule has 2 rings (SSSR count). The largest absolute Gasteiger partial charge is 0.480 e. The van der Waals surface area contributed by atoms with Crippen molar-refractivity contribution in [3.63, 3.8) is 0 Å². The van der Waals surface area contributed by atoms with Crippen molar-refractivity contribution in [2.24, 2.45) is 5.73 Å². The molecule has 5 heteroatoms. The zero-order chi connectivity index (χ0) is 13.7. The lowest BCUT2D eigenvalue weighted by Crippen LogP contribution is -2.42. The van der Waals surface area contributed by atoms with Crippen molar-refractivity contribution in [3.8, 4) is 0 Å². The molecule has 104 valence electrons. The maximum absolute atomic E-state index is 10.7. The number of hydrogen-bond acceptors (Lipinski definition) is 4. The number of nitrogens with two attached hydrogens (primary N) is 1. The van der Waals surface area contributed by atoms with Gasteiger partial charge in [0.1, 0.15) is 6.04 Å². The van der Waals surface area contributed by atoms with Crippen LogP contribution in [0, 0.1) is 0 Å². The number of nitrogens with zero attached hydrogens (tertiary/aromatic N) is 1. The van der Waals surface area contributed by atoms with E-state index in [1.807, 2.05) is 12.1 Å². The molecule has 19 heavy (non-hydrogen) atoms. The van der Waals surface area contributed by atoms with E-state index in [0.717, 1.165) is 38.3 Å². The van der Waals surface area contributed by atoms with Gasteiger partial charge in [-0.15, -0.1) is 0 Å². The quantitative estimate of drug-likeness (QED) is 0.699. The van der Waals surface area contributed by atoms with E-state index in [9.17, 15) is 4.79 Å². The smallest absolute Gasteiger partial charge is 0.320 e. The number of benzene rings is 1. The van der Waals surface area contributed by atoms with Gasteiger partial charge in [-0.2, -0.15) is 0 Å². The zero-order valence-electron chi connectivity index (χ0n) is 11.0. The second-order valence-corrected chi connectivity index (χ2v) is 4.99. The average Bonchev–Trinajstić information content (AvgIpc) is 2.42. The van der Waals surface area contributed by atoms with Crippen molar-refractivity contribution in [3.05, 3.63) is 35.4 Å². The van der Waals surface area contributed by atoms with Gasteiger partial charge in [0.25, 0.3) is 0 Å². The van der Waals surface area contributed by atoms with Crippen LogP contribution in [0.1, 0.15) is 11.1 Å². The molecule has 1 heterocycles. The van der Waals surface area contributed by atoms with Gasteiger partial charge in [-0.3, -0.25) is 9.69 Å². The second-order valence-electron chi connectivity index (χ2n) is 4.99. The molecule has 0 aromatic heterocycles. The highest BCUT2D eigenvalue weighted by molar-refractivity contribution is 5.73. The van der Waals surface area contributed by atoms with Gasteiger partial charge in [0.05, 0.1) is 0 Å². The summed E-state index contributed by atoms with van der Waals surface area (Å²) in [5, 5.41) is 12.1. The zero-order valence-corrected chi connectivity index (χ0v) is 11.0. The maximum Gasteiger partial charge on any atom is 0.320 e. The fourth-order valence-electron chi connectivity index (χ4n) is 2.25. The van der Waals surface area contributed by atoms with Crippen molar-refractivity contribution in [2.75, 3.05) is 26.2 Å². The van der Waals surface area contributed by atoms with Crippen LogP contribution in [-0.2, 0) is 17.8 Å². The van der Waals surface area contributed by atoms with Crippen LogP contribution in [0.15, 0.2) is 24.3 Å². The fraction of sp³-hybridized carbons (Fsp3) is 0.500. The molecule has 0 aliphatic carbocycles. The molecule has 4 N–H and O–H groups in total. The molecule has 1 aromatic carbocycles. The number of piperazine rings is 1. The van der Waals surface area contributed by atoms with Gasteiger partial charge < -0.3 is 16.2 Å². The fourth-order valence-corrected chi connectivity index (χ4v) is 2.25. The van der Waals surface area contributed by atoms with E-state index in [1.54, 1.807) is 0 Å². The first kappa shape index (κ1) is 14.0. The Kier molecular flexibility index (Phi) is 4.90. The summed E-state index contributed by atoms with van der Waals surface area (Å²) in [6.07, 6.45) is 0.378. The minimum Gasteiger partial charge on any atom is -0.480 e. The molecule has 1 saturated heterocycles. The Balaban J connectivity index is 1.88. The van der Waals surface area contributed by atoms with Crippen molar-refractivity contribution < 1.29 is 9.90 Å². The highest BCUT2D eigenvalue weighted by atomic mass is 16.4. The van der Waals surface area contributed by atoms with E-state index in [2.05, 4.69) is 22.3 Å². The van der Waals surface area contributed by atoms with Crippen LogP contribution in [0.4, 0.5) is 0 Å². The number of carboxylic acids is 1. The summed E-state index contributed by atoms with van der Waals surface area (Å²) >= 11 is 0. The van der Waals surface area contributed by atoms with Crippen LogP contribution >= 0.6 is 0 Å². The number of rotatable bonds is 5. The van der Waals surface area contributed by atoms with Crippen molar-refractivity contribution >= 4 is 5.97 Å². The molecule has 0 bridgehead atoms. The van der Waals surface area contributed by atoms with Crippen molar-refractivity contribution in [1.82, 2.24) is 10.2 Å². The standard InChI is InChI=1S/C14H21N3O2/c15-13(14(18)19)9-11-1-3-12(4-2-11)10-17-7-5-16-6-8-17/h1-4,13,16H,5-10,15H2,(H,18,19). The predicted octanol–water partition coefficient (Wildman–Crippen LogP) is 0.0462. The molecule has 5 nitrogen and oxygen atoms in total. The van der Waals surface area contributed by atoms with Crippen molar-refractivity contribution in [2.45, 2.75) is 19.0 Å². The molecule has 0 amide bonds. The van der Waals surface area contributed by atoms with E-state index in [0.29, 0.717) is 6.42 Å². The summed E-state index contributed by atoms with van der Waals surface area (Å²) in [5.41, 5.74) is 7.75. The predicted molar refractivity (Wildman–Crippen MR) is 73.9 cm³/mol. The Morgan fingerprint density at radius 2 is 1.84 bits per heavy atom. The Morgan fingerprint density at radius 3 is 2.42 bits per heavy atom. The van der Waals surface area contributed by atoms with Gasteiger partial charge >= 0.3 is 5.97 Å². The third kappa shape index (κ3) is 4.31. The topological polar surface area (TPSA) is 78.6 Å². The van der Waals surface area contributed by atoms with Gasteiger partial charge in [0, 0.05) is 32.7 Å². The van der Waals surface area contributed by atoms with Crippen LogP contribution in [0.25, 0.3) is 0 Å². The molecule has 1 unspecified atom stereocenters. The normalized spacial score (nSPS) is 18.2. The summed E-state index contributed by atoms with van der Waals surface area (Å²) < 4.78 is 0. The highest BCUT2D eigenvalue weighted by Crippen LogP contribution is 2.09. The third-order valence-corrected chi connectivity index (χ3v) is 3.41. The van der Waals surface area contributed by atoms with Crippen molar-refractivity contribution in [1.29, 1.82) is 0 Å². The van der Waals surface area contributed by atoms with Gasteiger partial charge in [-0.25, -0.2) is 0 Å². The first-order chi connectivity index (χ1) is 9.15. The third-order valence-electron chi connectivity index (χ3n) is 3.41. The molecule has 0 radical (unpaired) electrons. The number of carboxylic acid groups (broad SMARTS) is 1. The van der Waals surface area contributed by atoms with E-state index in [1.165, 1.54) is 5.56 Å². The van der Waals surface area contributed by atoms with Crippen LogP contribution in [-0.4, -0.2) is 48.2 Å². The van der Waals surface area contributed by atoms with Gasteiger partial charge in [0.2, 0.25) is 0 Å². The Hall–Kier alpha value is -1.43. The van der Waals surface area contributed by atoms with Gasteiger partial charge in [-0.1, -0.05) is 24.3 Å². The maximum atomic E-state index is 10.7. The Labute approximate surface area is 113 Å². The minimum atomic E-state index is -0.954. The molecule has 1 fully saturated rings. The number of nitrogens with one attached hydrogen (secondary N) is 1. The van der Waals surface area contributed by atoms with Crippen LogP contribution < -0.4 is 11.1 Å². The molecule has 1 aromatic rings. The van der Waals surface area contributed by atoms with E-state index in [-0.39, 0.29) is 0 Å². The lowest BCUT2D eigenvalue weighted by atomic mass is 10.0. The van der Waals surface area contributed by atoms with E-state index < -0.39 is 12.0 Å². The summed E-state index contributed by atoms with van der Waals surface area (Å²) in [6, 6.07) is 7.25. The average molecular weight is 263 g/mol. The molecule has 0 spiro atoms. The van der Waals surface area contributed by atoms with Crippen LogP contribution in [0.2, 0.25) is 0 Å². The minimum absolute atomic E-state index is 0.378. The molecular weight excluding hydrogens is 242 g/mol. The Bertz CT molecular complexity index is 413. The molecule has 1 aliphatic heterocycles. The lowest BCUT2D eigenvalue weighted by molar-refractivity contribution is -0.138. The van der Waals surface area contributed by atoms with Gasteiger partial charge in [-0.05, 0) is 17.5 Å². The molecule has 1 aliphatic rings. The first-order valence-electron chi connectivity index (χ1n) is 6.64. The monoisotopic (exact) mass is 263 g/mol.